The van der Waals surface area contributed by atoms with E-state index in [1.807, 2.05) is 0 Å². The zero-order chi connectivity index (χ0) is 16.5. The third-order valence-corrected chi connectivity index (χ3v) is 4.36. The van der Waals surface area contributed by atoms with Gasteiger partial charge in [-0.05, 0) is 30.3 Å². The molecule has 0 aliphatic carbocycles. The van der Waals surface area contributed by atoms with Crippen LogP contribution in [0.4, 0.5) is 0 Å². The fourth-order valence-electron chi connectivity index (χ4n) is 2.40. The summed E-state index contributed by atoms with van der Waals surface area (Å²) in [5.41, 5.74) is 3.33. The summed E-state index contributed by atoms with van der Waals surface area (Å²) in [5.74, 6) is -0.160. The normalized spacial score (nSPS) is 11.0. The largest absolute Gasteiger partial charge is 0.454 e. The molecule has 6 nitrogen and oxygen atoms in total. The highest BCUT2D eigenvalue weighted by Crippen LogP contribution is 2.19. The van der Waals surface area contributed by atoms with Crippen molar-refractivity contribution in [2.24, 2.45) is 0 Å². The zero-order valence-electron chi connectivity index (χ0n) is 12.4. The molecule has 0 unspecified atom stereocenters. The third-order valence-electron chi connectivity index (χ3n) is 3.57. The minimum Gasteiger partial charge on any atom is -0.454 e. The van der Waals surface area contributed by atoms with Gasteiger partial charge in [-0.2, -0.15) is 0 Å². The van der Waals surface area contributed by atoms with Crippen LogP contribution in [0, 0.1) is 0 Å². The molecule has 2 aromatic carbocycles. The maximum atomic E-state index is 12.2. The lowest BCUT2D eigenvalue weighted by Crippen LogP contribution is -2.14. The van der Waals surface area contributed by atoms with Gasteiger partial charge in [0.2, 0.25) is 0 Å². The molecule has 7 heteroatoms. The Labute approximate surface area is 139 Å². The molecule has 0 bridgehead atoms. The average molecular weight is 337 g/mol. The molecule has 4 rings (SSSR count). The highest BCUT2D eigenvalue weighted by molar-refractivity contribution is 7.16. The monoisotopic (exact) mass is 337 g/mol. The summed E-state index contributed by atoms with van der Waals surface area (Å²) in [6.45, 7) is -0.0976. The van der Waals surface area contributed by atoms with E-state index in [1.54, 1.807) is 48.0 Å². The summed E-state index contributed by atoms with van der Waals surface area (Å²) in [4.78, 5) is 35.3. The molecule has 0 aliphatic rings. The topological polar surface area (TPSA) is 84.9 Å². The predicted molar refractivity (Wildman–Crippen MR) is 91.1 cm³/mol. The molecule has 24 heavy (non-hydrogen) atoms. The molecular formula is C17H11N3O3S. The van der Waals surface area contributed by atoms with E-state index in [9.17, 15) is 9.59 Å². The molecule has 2 heterocycles. The quantitative estimate of drug-likeness (QED) is 0.581. The Morgan fingerprint density at radius 2 is 2.04 bits per heavy atom. The lowest BCUT2D eigenvalue weighted by atomic mass is 10.2. The van der Waals surface area contributed by atoms with Crippen LogP contribution in [0.5, 0.6) is 0 Å². The van der Waals surface area contributed by atoms with Gasteiger partial charge in [-0.25, -0.2) is 14.8 Å². The fraction of sp³-hybridized carbons (Fsp3) is 0.0588. The average Bonchev–Trinajstić information content (AvgIpc) is 3.07. The van der Waals surface area contributed by atoms with Gasteiger partial charge in [0.15, 0.2) is 0 Å². The lowest BCUT2D eigenvalue weighted by Gasteiger charge is -2.05. The number of rotatable bonds is 3. The molecule has 1 N–H and O–H groups in total. The standard InChI is InChI=1S/C17H11N3O3S/c21-16-11-3-1-2-4-12(11)19-15(20-16)8-23-17(22)10-5-6-13-14(7-10)24-9-18-13/h1-7,9H,8H2,(H,19,20,21). The molecule has 0 aliphatic heterocycles. The van der Waals surface area contributed by atoms with Crippen molar-refractivity contribution in [2.45, 2.75) is 6.61 Å². The minimum absolute atomic E-state index is 0.0976. The Morgan fingerprint density at radius 3 is 2.96 bits per heavy atom. The first-order chi connectivity index (χ1) is 11.7. The SMILES string of the molecule is O=C(OCc1nc2ccccc2c(=O)[nH]1)c1ccc2ncsc2c1. The van der Waals surface area contributed by atoms with Crippen molar-refractivity contribution in [2.75, 3.05) is 0 Å². The van der Waals surface area contributed by atoms with E-state index in [-0.39, 0.29) is 12.2 Å². The number of carbonyl (C=O) groups is 1. The zero-order valence-corrected chi connectivity index (χ0v) is 13.2. The maximum Gasteiger partial charge on any atom is 0.338 e. The van der Waals surface area contributed by atoms with Crippen LogP contribution in [0.2, 0.25) is 0 Å². The third kappa shape index (κ3) is 2.65. The van der Waals surface area contributed by atoms with Crippen molar-refractivity contribution in [3.8, 4) is 0 Å². The summed E-state index contributed by atoms with van der Waals surface area (Å²) in [6.07, 6.45) is 0. The van der Waals surface area contributed by atoms with Crippen molar-refractivity contribution in [1.82, 2.24) is 15.0 Å². The molecule has 0 radical (unpaired) electrons. The number of H-pyrrole nitrogens is 1. The van der Waals surface area contributed by atoms with Crippen LogP contribution < -0.4 is 5.56 Å². The van der Waals surface area contributed by atoms with Gasteiger partial charge in [0.1, 0.15) is 12.4 Å². The van der Waals surface area contributed by atoms with Gasteiger partial charge in [0.25, 0.3) is 5.56 Å². The van der Waals surface area contributed by atoms with E-state index in [1.165, 1.54) is 11.3 Å². The summed E-state index contributed by atoms with van der Waals surface area (Å²) in [5, 5.41) is 0.503. The first-order valence-electron chi connectivity index (χ1n) is 7.19. The molecule has 0 saturated carbocycles. The van der Waals surface area contributed by atoms with Crippen molar-refractivity contribution < 1.29 is 9.53 Å². The lowest BCUT2D eigenvalue weighted by molar-refractivity contribution is 0.0462. The fourth-order valence-corrected chi connectivity index (χ4v) is 3.12. The number of thiazole rings is 1. The van der Waals surface area contributed by atoms with Gasteiger partial charge >= 0.3 is 5.97 Å². The molecule has 4 aromatic rings. The number of ether oxygens (including phenoxy) is 1. The highest BCUT2D eigenvalue weighted by atomic mass is 32.1. The van der Waals surface area contributed by atoms with E-state index in [0.29, 0.717) is 22.3 Å². The summed E-state index contributed by atoms with van der Waals surface area (Å²) in [6, 6.07) is 12.2. The van der Waals surface area contributed by atoms with Crippen LogP contribution in [-0.4, -0.2) is 20.9 Å². The summed E-state index contributed by atoms with van der Waals surface area (Å²) in [7, 11) is 0. The van der Waals surface area contributed by atoms with Gasteiger partial charge in [-0.1, -0.05) is 12.1 Å². The number of esters is 1. The number of carbonyl (C=O) groups excluding carboxylic acids is 1. The number of hydrogen-bond acceptors (Lipinski definition) is 6. The second kappa shape index (κ2) is 5.86. The van der Waals surface area contributed by atoms with Crippen LogP contribution in [0.3, 0.4) is 0 Å². The number of fused-ring (bicyclic) bond motifs is 2. The molecular weight excluding hydrogens is 326 g/mol. The predicted octanol–water partition coefficient (Wildman–Crippen LogP) is 2.89. The summed E-state index contributed by atoms with van der Waals surface area (Å²) < 4.78 is 6.17. The van der Waals surface area contributed by atoms with Crippen LogP contribution in [-0.2, 0) is 11.3 Å². The second-order valence-corrected chi connectivity index (χ2v) is 6.03. The van der Waals surface area contributed by atoms with E-state index in [0.717, 1.165) is 10.2 Å². The molecule has 0 saturated heterocycles. The van der Waals surface area contributed by atoms with E-state index >= 15 is 0 Å². The number of para-hydroxylation sites is 1. The van der Waals surface area contributed by atoms with Gasteiger partial charge in [0, 0.05) is 0 Å². The Morgan fingerprint density at radius 1 is 1.17 bits per heavy atom. The second-order valence-electron chi connectivity index (χ2n) is 5.14. The first-order valence-corrected chi connectivity index (χ1v) is 8.07. The van der Waals surface area contributed by atoms with Gasteiger partial charge in [0.05, 0.1) is 32.2 Å². The molecule has 0 fully saturated rings. The number of aromatic amines is 1. The molecule has 0 spiro atoms. The van der Waals surface area contributed by atoms with Gasteiger partial charge < -0.3 is 9.72 Å². The number of hydrogen-bond donors (Lipinski definition) is 1. The van der Waals surface area contributed by atoms with Crippen LogP contribution in [0.25, 0.3) is 21.1 Å². The van der Waals surface area contributed by atoms with E-state index in [2.05, 4.69) is 15.0 Å². The first kappa shape index (κ1) is 14.5. The van der Waals surface area contributed by atoms with Crippen LogP contribution >= 0.6 is 11.3 Å². The number of aromatic nitrogens is 3. The number of nitrogens with one attached hydrogen (secondary N) is 1. The van der Waals surface area contributed by atoms with Gasteiger partial charge in [-0.3, -0.25) is 4.79 Å². The Bertz CT molecular complexity index is 1120. The minimum atomic E-state index is -0.471. The molecule has 0 atom stereocenters. The van der Waals surface area contributed by atoms with Crippen molar-refractivity contribution >= 4 is 38.4 Å². The smallest absolute Gasteiger partial charge is 0.338 e. The Balaban J connectivity index is 1.55. The van der Waals surface area contributed by atoms with E-state index < -0.39 is 5.97 Å². The van der Waals surface area contributed by atoms with Gasteiger partial charge in [-0.15, -0.1) is 11.3 Å². The highest BCUT2D eigenvalue weighted by Gasteiger charge is 2.11. The summed E-state index contributed by atoms with van der Waals surface area (Å²) >= 11 is 1.46. The van der Waals surface area contributed by atoms with Crippen molar-refractivity contribution in [3.63, 3.8) is 0 Å². The Kier molecular flexibility index (Phi) is 3.55. The number of nitrogens with zero attached hydrogens (tertiary/aromatic N) is 2. The molecule has 0 amide bonds. The number of benzene rings is 2. The maximum absolute atomic E-state index is 12.2. The van der Waals surface area contributed by atoms with Crippen LogP contribution in [0.1, 0.15) is 16.2 Å². The van der Waals surface area contributed by atoms with E-state index in [4.69, 9.17) is 4.74 Å². The molecule has 118 valence electrons. The Hall–Kier alpha value is -3.06. The van der Waals surface area contributed by atoms with Crippen molar-refractivity contribution in [1.29, 1.82) is 0 Å². The van der Waals surface area contributed by atoms with Crippen LogP contribution in [0.15, 0.2) is 52.8 Å². The molecule has 2 aromatic heterocycles. The van der Waals surface area contributed by atoms with Crippen molar-refractivity contribution in [3.05, 3.63) is 69.7 Å².